The van der Waals surface area contributed by atoms with E-state index in [-0.39, 0.29) is 12.4 Å². The molecular weight excluding hydrogens is 271 g/mol. The molecule has 5 nitrogen and oxygen atoms in total. The third kappa shape index (κ3) is 3.05. The van der Waals surface area contributed by atoms with Gasteiger partial charge in [-0.1, -0.05) is 18.2 Å². The molecule has 2 aromatic carbocycles. The number of rotatable bonds is 4. The maximum absolute atomic E-state index is 13.5. The molecule has 0 saturated heterocycles. The number of hydrogen-bond donors (Lipinski definition) is 0. The fourth-order valence-corrected chi connectivity index (χ4v) is 1.88. The number of halogens is 1. The molecule has 0 amide bonds. The largest absolute Gasteiger partial charge is 0.489 e. The summed E-state index contributed by atoms with van der Waals surface area (Å²) in [5.74, 6) is 0.946. The average Bonchev–Trinajstić information content (AvgIpc) is 2.94. The Morgan fingerprint density at radius 2 is 1.86 bits per heavy atom. The first kappa shape index (κ1) is 13.2. The summed E-state index contributed by atoms with van der Waals surface area (Å²) in [6, 6.07) is 13.8. The second-order valence-corrected chi connectivity index (χ2v) is 4.51. The van der Waals surface area contributed by atoms with Crippen molar-refractivity contribution in [1.29, 1.82) is 0 Å². The Kier molecular flexibility index (Phi) is 3.59. The lowest BCUT2D eigenvalue weighted by molar-refractivity contribution is 0.300. The number of aromatic nitrogens is 4. The van der Waals surface area contributed by atoms with Crippen LogP contribution in [-0.2, 0) is 13.7 Å². The number of nitrogens with zero attached hydrogens (tertiary/aromatic N) is 4. The average molecular weight is 284 g/mol. The maximum Gasteiger partial charge on any atom is 0.204 e. The van der Waals surface area contributed by atoms with Crippen molar-refractivity contribution in [3.63, 3.8) is 0 Å². The quantitative estimate of drug-likeness (QED) is 0.739. The minimum absolute atomic E-state index is 0.190. The smallest absolute Gasteiger partial charge is 0.204 e. The zero-order valence-corrected chi connectivity index (χ0v) is 11.4. The lowest BCUT2D eigenvalue weighted by Gasteiger charge is -2.07. The second kappa shape index (κ2) is 5.70. The highest BCUT2D eigenvalue weighted by Crippen LogP contribution is 2.20. The molecule has 6 heteroatoms. The van der Waals surface area contributed by atoms with Crippen molar-refractivity contribution in [2.45, 2.75) is 6.61 Å². The van der Waals surface area contributed by atoms with Gasteiger partial charge in [0.05, 0.1) is 7.05 Å². The number of benzene rings is 2. The minimum Gasteiger partial charge on any atom is -0.489 e. The standard InChI is InChI=1S/C15H13FN4O/c1-20-18-15(17-19-20)11-6-8-13(9-7-11)21-10-12-4-2-3-5-14(12)16/h2-9H,10H2,1H3. The lowest BCUT2D eigenvalue weighted by atomic mass is 10.2. The summed E-state index contributed by atoms with van der Waals surface area (Å²) in [4.78, 5) is 1.40. The highest BCUT2D eigenvalue weighted by atomic mass is 19.1. The van der Waals surface area contributed by atoms with Crippen LogP contribution >= 0.6 is 0 Å². The van der Waals surface area contributed by atoms with Gasteiger partial charge in [0.1, 0.15) is 18.2 Å². The van der Waals surface area contributed by atoms with Crippen molar-refractivity contribution in [2.75, 3.05) is 0 Å². The molecule has 0 atom stereocenters. The van der Waals surface area contributed by atoms with Gasteiger partial charge in [-0.05, 0) is 35.5 Å². The van der Waals surface area contributed by atoms with Crippen LogP contribution in [0.4, 0.5) is 4.39 Å². The predicted octanol–water partition coefficient (Wildman–Crippen LogP) is 2.60. The number of hydrogen-bond acceptors (Lipinski definition) is 4. The Bertz CT molecular complexity index is 739. The molecule has 106 valence electrons. The first-order valence-electron chi connectivity index (χ1n) is 6.43. The van der Waals surface area contributed by atoms with Crippen molar-refractivity contribution in [3.8, 4) is 17.1 Å². The molecule has 1 aromatic heterocycles. The Hall–Kier alpha value is -2.76. The van der Waals surface area contributed by atoms with E-state index < -0.39 is 0 Å². The summed E-state index contributed by atoms with van der Waals surface area (Å²) in [7, 11) is 1.71. The van der Waals surface area contributed by atoms with Gasteiger partial charge < -0.3 is 4.74 Å². The molecule has 3 rings (SSSR count). The zero-order chi connectivity index (χ0) is 14.7. The first-order chi connectivity index (χ1) is 10.2. The summed E-state index contributed by atoms with van der Waals surface area (Å²) >= 11 is 0. The van der Waals surface area contributed by atoms with Gasteiger partial charge in [-0.25, -0.2) is 4.39 Å². The van der Waals surface area contributed by atoms with Crippen LogP contribution in [0.25, 0.3) is 11.4 Å². The van der Waals surface area contributed by atoms with Crippen LogP contribution in [0, 0.1) is 5.82 Å². The molecule has 0 aliphatic carbocycles. The van der Waals surface area contributed by atoms with Gasteiger partial charge in [-0.15, -0.1) is 10.2 Å². The van der Waals surface area contributed by atoms with Crippen molar-refractivity contribution < 1.29 is 9.13 Å². The molecule has 0 spiro atoms. The van der Waals surface area contributed by atoms with Crippen LogP contribution in [0.5, 0.6) is 5.75 Å². The van der Waals surface area contributed by atoms with Crippen molar-refractivity contribution >= 4 is 0 Å². The minimum atomic E-state index is -0.266. The summed E-state index contributed by atoms with van der Waals surface area (Å²) in [5.41, 5.74) is 1.37. The van der Waals surface area contributed by atoms with Gasteiger partial charge in [0, 0.05) is 11.1 Å². The number of tetrazole rings is 1. The SMILES string of the molecule is Cn1nnc(-c2ccc(OCc3ccccc3F)cc2)n1. The van der Waals surface area contributed by atoms with Crippen molar-refractivity contribution in [3.05, 3.63) is 59.9 Å². The molecule has 3 aromatic rings. The molecule has 1 heterocycles. The van der Waals surface area contributed by atoms with E-state index in [1.54, 1.807) is 37.4 Å². The van der Waals surface area contributed by atoms with Crippen LogP contribution in [0.2, 0.25) is 0 Å². The number of aryl methyl sites for hydroxylation is 1. The Morgan fingerprint density at radius 1 is 1.10 bits per heavy atom. The van der Waals surface area contributed by atoms with Crippen LogP contribution in [-0.4, -0.2) is 20.2 Å². The summed E-state index contributed by atoms with van der Waals surface area (Å²) in [6.45, 7) is 0.190. The molecule has 0 aliphatic heterocycles. The lowest BCUT2D eigenvalue weighted by Crippen LogP contribution is -1.98. The summed E-state index contributed by atoms with van der Waals surface area (Å²) in [6.07, 6.45) is 0. The Balaban J connectivity index is 1.69. The van der Waals surface area contributed by atoms with E-state index in [0.717, 1.165) is 5.56 Å². The Labute approximate surface area is 121 Å². The van der Waals surface area contributed by atoms with E-state index >= 15 is 0 Å². The molecule has 21 heavy (non-hydrogen) atoms. The highest BCUT2D eigenvalue weighted by Gasteiger charge is 2.05. The second-order valence-electron chi connectivity index (χ2n) is 4.51. The topological polar surface area (TPSA) is 52.8 Å². The van der Waals surface area contributed by atoms with E-state index in [4.69, 9.17) is 4.74 Å². The normalized spacial score (nSPS) is 10.6. The Morgan fingerprint density at radius 3 is 2.52 bits per heavy atom. The first-order valence-corrected chi connectivity index (χ1v) is 6.43. The van der Waals surface area contributed by atoms with E-state index in [2.05, 4.69) is 15.4 Å². The molecule has 0 bridgehead atoms. The third-order valence-electron chi connectivity index (χ3n) is 2.97. The third-order valence-corrected chi connectivity index (χ3v) is 2.97. The molecule has 0 N–H and O–H groups in total. The predicted molar refractivity (Wildman–Crippen MR) is 75.0 cm³/mol. The van der Waals surface area contributed by atoms with Crippen LogP contribution in [0.15, 0.2) is 48.5 Å². The van der Waals surface area contributed by atoms with Crippen LogP contribution in [0.3, 0.4) is 0 Å². The van der Waals surface area contributed by atoms with Gasteiger partial charge in [0.2, 0.25) is 5.82 Å². The molecule has 0 aliphatic rings. The van der Waals surface area contributed by atoms with Gasteiger partial charge in [-0.3, -0.25) is 0 Å². The van der Waals surface area contributed by atoms with E-state index in [0.29, 0.717) is 17.1 Å². The van der Waals surface area contributed by atoms with E-state index in [1.807, 2.05) is 12.1 Å². The van der Waals surface area contributed by atoms with Crippen LogP contribution in [0.1, 0.15) is 5.56 Å². The maximum atomic E-state index is 13.5. The van der Waals surface area contributed by atoms with E-state index in [9.17, 15) is 4.39 Å². The van der Waals surface area contributed by atoms with E-state index in [1.165, 1.54) is 10.9 Å². The molecular formula is C15H13FN4O. The highest BCUT2D eigenvalue weighted by molar-refractivity contribution is 5.55. The molecule has 0 saturated carbocycles. The molecule has 0 unspecified atom stereocenters. The van der Waals surface area contributed by atoms with Crippen LogP contribution < -0.4 is 4.74 Å². The van der Waals surface area contributed by atoms with Crippen molar-refractivity contribution in [2.24, 2.45) is 7.05 Å². The van der Waals surface area contributed by atoms with Gasteiger partial charge >= 0.3 is 0 Å². The zero-order valence-electron chi connectivity index (χ0n) is 11.4. The fourth-order valence-electron chi connectivity index (χ4n) is 1.88. The molecule has 0 radical (unpaired) electrons. The fraction of sp³-hybridized carbons (Fsp3) is 0.133. The monoisotopic (exact) mass is 284 g/mol. The molecule has 0 fully saturated rings. The van der Waals surface area contributed by atoms with Gasteiger partial charge in [0.25, 0.3) is 0 Å². The van der Waals surface area contributed by atoms with Gasteiger partial charge in [0.15, 0.2) is 0 Å². The summed E-state index contributed by atoms with van der Waals surface area (Å²) < 4.78 is 19.0. The van der Waals surface area contributed by atoms with Crippen molar-refractivity contribution in [1.82, 2.24) is 20.2 Å². The number of ether oxygens (including phenoxy) is 1. The summed E-state index contributed by atoms with van der Waals surface area (Å²) in [5, 5.41) is 11.8. The van der Waals surface area contributed by atoms with Gasteiger partial charge in [-0.2, -0.15) is 4.80 Å².